The van der Waals surface area contributed by atoms with Gasteiger partial charge in [0.05, 0.1) is 13.2 Å². The van der Waals surface area contributed by atoms with Crippen molar-refractivity contribution in [2.45, 2.75) is 58.8 Å². The highest BCUT2D eigenvalue weighted by Gasteiger charge is 2.58. The number of aliphatic hydroxyl groups is 1. The number of ketones is 1. The second-order valence-electron chi connectivity index (χ2n) is 9.27. The van der Waals surface area contributed by atoms with Gasteiger partial charge in [-0.25, -0.2) is 4.85 Å². The van der Waals surface area contributed by atoms with Crippen LogP contribution in [0.3, 0.4) is 0 Å². The third-order valence-electron chi connectivity index (χ3n) is 8.41. The van der Waals surface area contributed by atoms with Crippen LogP contribution >= 0.6 is 0 Å². The van der Waals surface area contributed by atoms with Crippen LogP contribution in [-0.2, 0) is 4.79 Å². The summed E-state index contributed by atoms with van der Waals surface area (Å²) in [6.45, 7) is 12.0. The molecule has 0 saturated heterocycles. The lowest BCUT2D eigenvalue weighted by Crippen LogP contribution is -2.51. The van der Waals surface area contributed by atoms with E-state index in [2.05, 4.69) is 18.7 Å². The molecule has 3 saturated carbocycles. The lowest BCUT2D eigenvalue weighted by Gasteiger charge is -2.58. The Balaban J connectivity index is 1.68. The summed E-state index contributed by atoms with van der Waals surface area (Å²) >= 11 is 0. The third-order valence-corrected chi connectivity index (χ3v) is 8.41. The molecule has 0 spiro atoms. The van der Waals surface area contributed by atoms with Gasteiger partial charge in [-0.15, -0.1) is 0 Å². The van der Waals surface area contributed by atoms with Gasteiger partial charge in [0, 0.05) is 5.92 Å². The van der Waals surface area contributed by atoms with Gasteiger partial charge >= 0.3 is 0 Å². The fraction of sp³-hybridized carbons (Fsp3) is 0.727. The minimum Gasteiger partial charge on any atom is -0.396 e. The maximum atomic E-state index is 12.3. The maximum Gasteiger partial charge on any atom is 0.161 e. The molecule has 6 atom stereocenters. The molecule has 0 unspecified atom stereocenters. The molecule has 25 heavy (non-hydrogen) atoms. The predicted octanol–water partition coefficient (Wildman–Crippen LogP) is 4.54. The van der Waals surface area contributed by atoms with E-state index in [1.807, 2.05) is 6.08 Å². The zero-order chi connectivity index (χ0) is 17.8. The fourth-order valence-electron chi connectivity index (χ4n) is 7.04. The van der Waals surface area contributed by atoms with Crippen molar-refractivity contribution < 1.29 is 9.90 Å². The predicted molar refractivity (Wildman–Crippen MR) is 97.4 cm³/mol. The van der Waals surface area contributed by atoms with Crippen LogP contribution in [0.15, 0.2) is 23.4 Å². The van der Waals surface area contributed by atoms with E-state index in [1.165, 1.54) is 36.8 Å². The van der Waals surface area contributed by atoms with Crippen LogP contribution in [0.1, 0.15) is 58.8 Å². The summed E-state index contributed by atoms with van der Waals surface area (Å²) < 4.78 is 0. The normalized spacial score (nSPS) is 47.5. The number of rotatable bonds is 1. The Morgan fingerprint density at radius 2 is 2.00 bits per heavy atom. The number of aliphatic hydroxyl groups excluding tert-OH is 1. The first-order chi connectivity index (χ1) is 11.9. The van der Waals surface area contributed by atoms with Gasteiger partial charge in [0.1, 0.15) is 0 Å². The summed E-state index contributed by atoms with van der Waals surface area (Å²) in [4.78, 5) is 15.8. The highest BCUT2D eigenvalue weighted by atomic mass is 16.3. The monoisotopic (exact) mass is 339 g/mol. The zero-order valence-electron chi connectivity index (χ0n) is 15.4. The lowest BCUT2D eigenvalue weighted by atomic mass is 9.46. The number of hydrogen-bond acceptors (Lipinski definition) is 2. The molecular weight excluding hydrogens is 310 g/mol. The molecule has 0 aromatic rings. The zero-order valence-corrected chi connectivity index (χ0v) is 15.4. The summed E-state index contributed by atoms with van der Waals surface area (Å²) in [7, 11) is 0. The van der Waals surface area contributed by atoms with Crippen LogP contribution in [0, 0.1) is 41.1 Å². The van der Waals surface area contributed by atoms with Gasteiger partial charge in [0.2, 0.25) is 0 Å². The Hall–Kier alpha value is -1.40. The maximum absolute atomic E-state index is 12.3. The molecule has 0 aliphatic heterocycles. The average Bonchev–Trinajstić information content (AvgIpc) is 2.92. The SMILES string of the molecule is [C-]#[N+]/C=C1/CC[C@H]2[C@@H]3CCC4=CC(=O)[C@@H](CO)C[C@]4(C)[C@H]3CC[C@]12C. The van der Waals surface area contributed by atoms with Crippen molar-refractivity contribution in [1.29, 1.82) is 0 Å². The summed E-state index contributed by atoms with van der Waals surface area (Å²) in [6.07, 6.45) is 11.4. The standard InChI is InChI=1S/C22H29NO2/c1-21-9-8-19-17(18(21)7-5-16(21)12-23-3)6-4-15-10-20(25)14(13-24)11-22(15,19)2/h10,12,14,17-19,24H,4-9,11,13H2,1-2H3/b16-12-/t14-,17+,18+,19+,21-,22+/m1/s1. The quantitative estimate of drug-likeness (QED) is 0.713. The molecule has 0 aromatic heterocycles. The number of allylic oxidation sites excluding steroid dienone is 2. The van der Waals surface area contributed by atoms with Gasteiger partial charge in [-0.05, 0) is 79.6 Å². The van der Waals surface area contributed by atoms with Crippen molar-refractivity contribution >= 4 is 5.78 Å². The Kier molecular flexibility index (Phi) is 3.96. The Bertz CT molecular complexity index is 699. The first-order valence-corrected chi connectivity index (χ1v) is 9.86. The summed E-state index contributed by atoms with van der Waals surface area (Å²) in [5, 5.41) is 9.66. The van der Waals surface area contributed by atoms with Crippen LogP contribution in [0.25, 0.3) is 4.85 Å². The van der Waals surface area contributed by atoms with Crippen LogP contribution in [-0.4, -0.2) is 17.5 Å². The minimum atomic E-state index is -0.207. The van der Waals surface area contributed by atoms with Crippen molar-refractivity contribution in [3.05, 3.63) is 34.8 Å². The molecule has 3 nitrogen and oxygen atoms in total. The Morgan fingerprint density at radius 3 is 2.72 bits per heavy atom. The van der Waals surface area contributed by atoms with Crippen LogP contribution < -0.4 is 0 Å². The van der Waals surface area contributed by atoms with Crippen molar-refractivity contribution in [2.75, 3.05) is 6.61 Å². The van der Waals surface area contributed by atoms with E-state index >= 15 is 0 Å². The number of nitrogens with zero attached hydrogens (tertiary/aromatic N) is 1. The van der Waals surface area contributed by atoms with Crippen LogP contribution in [0.5, 0.6) is 0 Å². The highest BCUT2D eigenvalue weighted by Crippen LogP contribution is 2.66. The van der Waals surface area contributed by atoms with Gasteiger partial charge in [0.25, 0.3) is 0 Å². The second kappa shape index (κ2) is 5.81. The molecule has 4 aliphatic carbocycles. The topological polar surface area (TPSA) is 41.7 Å². The van der Waals surface area contributed by atoms with Gasteiger partial charge in [0.15, 0.2) is 12.0 Å². The van der Waals surface area contributed by atoms with E-state index in [1.54, 1.807) is 6.20 Å². The first kappa shape index (κ1) is 17.0. The molecule has 0 amide bonds. The third kappa shape index (κ3) is 2.30. The minimum absolute atomic E-state index is 0.0192. The number of fused-ring (bicyclic) bond motifs is 5. The average molecular weight is 339 g/mol. The molecule has 0 heterocycles. The van der Waals surface area contributed by atoms with E-state index in [-0.39, 0.29) is 29.1 Å². The number of hydrogen-bond donors (Lipinski definition) is 1. The van der Waals surface area contributed by atoms with E-state index < -0.39 is 0 Å². The molecule has 4 aliphatic rings. The van der Waals surface area contributed by atoms with Gasteiger partial charge in [-0.3, -0.25) is 4.79 Å². The molecule has 3 fully saturated rings. The highest BCUT2D eigenvalue weighted by molar-refractivity contribution is 5.93. The van der Waals surface area contributed by atoms with Crippen molar-refractivity contribution in [3.63, 3.8) is 0 Å². The Labute approximate surface area is 151 Å². The summed E-state index contributed by atoms with van der Waals surface area (Å²) in [5.41, 5.74) is 3.02. The molecule has 0 radical (unpaired) electrons. The Morgan fingerprint density at radius 1 is 1.24 bits per heavy atom. The first-order valence-electron chi connectivity index (χ1n) is 9.86. The van der Waals surface area contributed by atoms with Crippen LogP contribution in [0.4, 0.5) is 0 Å². The summed E-state index contributed by atoms with van der Waals surface area (Å²) in [5.74, 6) is 1.94. The van der Waals surface area contributed by atoms with Crippen molar-refractivity contribution in [3.8, 4) is 0 Å². The van der Waals surface area contributed by atoms with E-state index in [0.717, 1.165) is 19.3 Å². The molecule has 4 rings (SSSR count). The van der Waals surface area contributed by atoms with Gasteiger partial charge in [-0.2, -0.15) is 0 Å². The van der Waals surface area contributed by atoms with Gasteiger partial charge < -0.3 is 5.11 Å². The lowest BCUT2D eigenvalue weighted by molar-refractivity contribution is -0.123. The van der Waals surface area contributed by atoms with Crippen molar-refractivity contribution in [1.82, 2.24) is 0 Å². The van der Waals surface area contributed by atoms with E-state index in [4.69, 9.17) is 6.57 Å². The molecule has 1 N–H and O–H groups in total. The van der Waals surface area contributed by atoms with Crippen molar-refractivity contribution in [2.24, 2.45) is 34.5 Å². The molecule has 0 aromatic carbocycles. The number of carbonyl (C=O) groups excluding carboxylic acids is 1. The largest absolute Gasteiger partial charge is 0.396 e. The fourth-order valence-corrected chi connectivity index (χ4v) is 7.04. The summed E-state index contributed by atoms with van der Waals surface area (Å²) in [6, 6.07) is 0. The van der Waals surface area contributed by atoms with Crippen LogP contribution in [0.2, 0.25) is 0 Å². The molecular formula is C22H29NO2. The number of carbonyl (C=O) groups is 1. The smallest absolute Gasteiger partial charge is 0.161 e. The molecule has 3 heteroatoms. The van der Waals surface area contributed by atoms with E-state index in [0.29, 0.717) is 17.8 Å². The van der Waals surface area contributed by atoms with Gasteiger partial charge in [-0.1, -0.05) is 25.0 Å². The van der Waals surface area contributed by atoms with E-state index in [9.17, 15) is 9.90 Å². The second-order valence-corrected chi connectivity index (χ2v) is 9.27. The molecule has 0 bridgehead atoms. The molecule has 134 valence electrons.